The summed E-state index contributed by atoms with van der Waals surface area (Å²) in [6.45, 7) is 0.601. The minimum Gasteiger partial charge on any atom is -0.289 e. The van der Waals surface area contributed by atoms with Gasteiger partial charge in [-0.1, -0.05) is 66.7 Å². The summed E-state index contributed by atoms with van der Waals surface area (Å²) in [4.78, 5) is 15.0. The van der Waals surface area contributed by atoms with Crippen LogP contribution in [0.3, 0.4) is 0 Å². The lowest BCUT2D eigenvalue weighted by Gasteiger charge is -2.22. The van der Waals surface area contributed by atoms with Crippen LogP contribution in [0.5, 0.6) is 0 Å². The molecule has 0 N–H and O–H groups in total. The predicted molar refractivity (Wildman–Crippen MR) is 96.7 cm³/mol. The van der Waals surface area contributed by atoms with E-state index in [1.54, 1.807) is 17.1 Å². The lowest BCUT2D eigenvalue weighted by atomic mass is 10.0. The van der Waals surface area contributed by atoms with Crippen molar-refractivity contribution in [1.82, 2.24) is 9.47 Å². The molecule has 0 spiro atoms. The van der Waals surface area contributed by atoms with Gasteiger partial charge in [-0.2, -0.15) is 4.57 Å². The van der Waals surface area contributed by atoms with Crippen molar-refractivity contribution in [3.8, 4) is 0 Å². The third-order valence-corrected chi connectivity index (χ3v) is 4.56. The van der Waals surface area contributed by atoms with Crippen LogP contribution in [0.15, 0.2) is 85.5 Å². The highest BCUT2D eigenvalue weighted by atomic mass is 16.2. The number of rotatable bonds is 2. The topological polar surface area (TPSA) is 29.1 Å². The molecule has 1 unspecified atom stereocenters. The Morgan fingerprint density at radius 2 is 1.72 bits per heavy atom. The van der Waals surface area contributed by atoms with E-state index in [-0.39, 0.29) is 12.1 Å². The molecule has 0 saturated heterocycles. The minimum atomic E-state index is -0.0587. The Balaban J connectivity index is 1.72. The van der Waals surface area contributed by atoms with Gasteiger partial charge >= 0.3 is 6.03 Å². The third kappa shape index (κ3) is 2.98. The van der Waals surface area contributed by atoms with Gasteiger partial charge < -0.3 is 0 Å². The number of hydrogen-bond donors (Lipinski definition) is 0. The molecule has 4 rings (SSSR count). The highest BCUT2D eigenvalue weighted by Crippen LogP contribution is 2.34. The Bertz CT molecular complexity index is 913. The van der Waals surface area contributed by atoms with Crippen molar-refractivity contribution in [2.45, 2.75) is 6.04 Å². The minimum absolute atomic E-state index is 0.0170. The van der Waals surface area contributed by atoms with Crippen molar-refractivity contribution >= 4 is 11.6 Å². The molecule has 2 aromatic carbocycles. The van der Waals surface area contributed by atoms with Crippen molar-refractivity contribution in [2.24, 2.45) is 7.05 Å². The molecule has 0 radical (unpaired) electrons. The molecule has 4 heteroatoms. The Kier molecular flexibility index (Phi) is 3.94. The zero-order valence-electron chi connectivity index (χ0n) is 14.1. The zero-order valence-corrected chi connectivity index (χ0v) is 14.1. The molecule has 2 heterocycles. The van der Waals surface area contributed by atoms with Crippen molar-refractivity contribution < 1.29 is 9.36 Å². The van der Waals surface area contributed by atoms with E-state index in [0.29, 0.717) is 6.54 Å². The van der Waals surface area contributed by atoms with E-state index in [2.05, 4.69) is 30.3 Å². The maximum Gasteiger partial charge on any atom is 0.416 e. The van der Waals surface area contributed by atoms with Crippen LogP contribution in [0.4, 0.5) is 4.79 Å². The fourth-order valence-corrected chi connectivity index (χ4v) is 3.28. The first-order valence-corrected chi connectivity index (χ1v) is 8.37. The third-order valence-electron chi connectivity index (χ3n) is 4.56. The van der Waals surface area contributed by atoms with Crippen LogP contribution < -0.4 is 4.57 Å². The maximum atomic E-state index is 13.1. The quantitative estimate of drug-likeness (QED) is 0.662. The fourth-order valence-electron chi connectivity index (χ4n) is 3.28. The molecular weight excluding hydrogens is 310 g/mol. The number of benzene rings is 2. The van der Waals surface area contributed by atoms with Gasteiger partial charge in [0.2, 0.25) is 0 Å². The molecule has 1 aliphatic heterocycles. The number of aromatic nitrogens is 2. The van der Waals surface area contributed by atoms with Crippen molar-refractivity contribution in [1.29, 1.82) is 0 Å². The van der Waals surface area contributed by atoms with Gasteiger partial charge in [0.05, 0.1) is 19.6 Å². The zero-order chi connectivity index (χ0) is 17.2. The monoisotopic (exact) mass is 330 g/mol. The van der Waals surface area contributed by atoms with E-state index in [9.17, 15) is 4.79 Å². The standard InChI is InChI=1S/C21H20N3O/c1-22-12-13-23(16-22)21(25)24-15-19(17-8-4-2-5-9-17)14-20(24)18-10-6-3-7-11-18/h2-14,16,20H,15H2,1H3/q+1. The van der Waals surface area contributed by atoms with E-state index >= 15 is 0 Å². The van der Waals surface area contributed by atoms with E-state index in [4.69, 9.17) is 0 Å². The summed E-state index contributed by atoms with van der Waals surface area (Å²) >= 11 is 0. The first kappa shape index (κ1) is 15.4. The first-order valence-electron chi connectivity index (χ1n) is 8.37. The van der Waals surface area contributed by atoms with Crippen LogP contribution in [-0.4, -0.2) is 22.0 Å². The van der Waals surface area contributed by atoms with Crippen LogP contribution in [0.25, 0.3) is 5.57 Å². The average molecular weight is 330 g/mol. The molecule has 1 amide bonds. The van der Waals surface area contributed by atoms with Crippen LogP contribution in [-0.2, 0) is 7.05 Å². The smallest absolute Gasteiger partial charge is 0.289 e. The van der Waals surface area contributed by atoms with Gasteiger partial charge in [-0.3, -0.25) is 4.90 Å². The molecule has 4 nitrogen and oxygen atoms in total. The van der Waals surface area contributed by atoms with Crippen molar-refractivity contribution in [3.63, 3.8) is 0 Å². The second kappa shape index (κ2) is 6.40. The molecule has 0 bridgehead atoms. The number of nitrogens with zero attached hydrogens (tertiary/aromatic N) is 3. The Hall–Kier alpha value is -3.14. The molecule has 1 aromatic heterocycles. The molecule has 25 heavy (non-hydrogen) atoms. The van der Waals surface area contributed by atoms with E-state index < -0.39 is 0 Å². The van der Waals surface area contributed by atoms with Gasteiger partial charge in [-0.15, -0.1) is 0 Å². The average Bonchev–Trinajstić information content (AvgIpc) is 3.29. The van der Waals surface area contributed by atoms with E-state index in [0.717, 1.165) is 11.1 Å². The Labute approximate surface area is 147 Å². The van der Waals surface area contributed by atoms with Crippen LogP contribution in [0.2, 0.25) is 0 Å². The summed E-state index contributed by atoms with van der Waals surface area (Å²) in [6, 6.07) is 20.4. The highest BCUT2D eigenvalue weighted by Gasteiger charge is 2.33. The normalized spacial score (nSPS) is 16.8. The number of carbonyl (C=O) groups is 1. The van der Waals surface area contributed by atoms with Gasteiger partial charge in [-0.25, -0.2) is 9.36 Å². The first-order chi connectivity index (χ1) is 12.2. The summed E-state index contributed by atoms with van der Waals surface area (Å²) in [7, 11) is 1.91. The van der Waals surface area contributed by atoms with Gasteiger partial charge in [0, 0.05) is 0 Å². The van der Waals surface area contributed by atoms with E-state index in [1.165, 1.54) is 5.57 Å². The maximum absolute atomic E-state index is 13.1. The summed E-state index contributed by atoms with van der Waals surface area (Å²) in [5.41, 5.74) is 3.47. The summed E-state index contributed by atoms with van der Waals surface area (Å²) in [5, 5.41) is 0. The van der Waals surface area contributed by atoms with Gasteiger partial charge in [-0.05, 0) is 16.7 Å². The van der Waals surface area contributed by atoms with Crippen LogP contribution in [0, 0.1) is 0 Å². The molecule has 3 aromatic rings. The summed E-state index contributed by atoms with van der Waals surface area (Å²) in [5.74, 6) is 0. The van der Waals surface area contributed by atoms with Gasteiger partial charge in [0.1, 0.15) is 12.4 Å². The molecule has 0 aliphatic carbocycles. The largest absolute Gasteiger partial charge is 0.416 e. The summed E-state index contributed by atoms with van der Waals surface area (Å²) in [6.07, 6.45) is 7.67. The number of imidazole rings is 1. The summed E-state index contributed by atoms with van der Waals surface area (Å²) < 4.78 is 3.51. The second-order valence-electron chi connectivity index (χ2n) is 6.31. The highest BCUT2D eigenvalue weighted by molar-refractivity contribution is 5.83. The van der Waals surface area contributed by atoms with Crippen molar-refractivity contribution in [2.75, 3.05) is 6.54 Å². The molecule has 124 valence electrons. The number of hydrogen-bond acceptors (Lipinski definition) is 1. The lowest BCUT2D eigenvalue weighted by molar-refractivity contribution is -0.670. The molecule has 1 aliphatic rings. The molecule has 1 atom stereocenters. The van der Waals surface area contributed by atoms with Gasteiger partial charge in [0.25, 0.3) is 6.33 Å². The Morgan fingerprint density at radius 1 is 1.04 bits per heavy atom. The van der Waals surface area contributed by atoms with Crippen molar-refractivity contribution in [3.05, 3.63) is 96.6 Å². The molecule has 0 fully saturated rings. The van der Waals surface area contributed by atoms with E-state index in [1.807, 2.05) is 59.1 Å². The fraction of sp³-hybridized carbons (Fsp3) is 0.143. The van der Waals surface area contributed by atoms with Gasteiger partial charge in [0.15, 0.2) is 0 Å². The predicted octanol–water partition coefficient (Wildman–Crippen LogP) is 3.42. The van der Waals surface area contributed by atoms with Crippen LogP contribution >= 0.6 is 0 Å². The van der Waals surface area contributed by atoms with Crippen LogP contribution in [0.1, 0.15) is 17.2 Å². The second-order valence-corrected chi connectivity index (χ2v) is 6.31. The molecule has 0 saturated carbocycles. The molecular formula is C21H20N3O+. The Morgan fingerprint density at radius 3 is 2.36 bits per heavy atom. The SMILES string of the molecule is C[n+]1ccn(C(=O)N2CC(c3ccccc3)=CC2c2ccccc2)c1. The number of carbonyl (C=O) groups excluding carboxylic acids is 1. The number of aryl methyl sites for hydroxylation is 1. The number of amides is 1. The lowest BCUT2D eigenvalue weighted by Crippen LogP contribution is -2.35.